The Bertz CT molecular complexity index is 1190. The monoisotopic (exact) mass is 501 g/mol. The normalized spacial score (nSPS) is 11.6. The number of methoxy groups -OCH3 is 1. The van der Waals surface area contributed by atoms with Crippen molar-refractivity contribution < 1.29 is 17.9 Å². The number of rotatable bonds is 7. The highest BCUT2D eigenvalue weighted by atomic mass is 79.9. The van der Waals surface area contributed by atoms with Gasteiger partial charge in [0.15, 0.2) is 0 Å². The third-order valence-corrected chi connectivity index (χ3v) is 6.28. The standard InChI is InChI=1S/C22H20BrN3O4S/c1-15(16-5-11-20(30-2)12-6-16)24-25-22(27)17-3-9-19(10-4-17)26-31(28,29)21-13-7-18(23)8-14-21/h3-14,26H,1-2H3,(H,25,27)/b24-15-. The van der Waals surface area contributed by atoms with Crippen LogP contribution < -0.4 is 14.9 Å². The van der Waals surface area contributed by atoms with E-state index in [0.29, 0.717) is 17.0 Å². The number of ether oxygens (including phenoxy) is 1. The Labute approximate surface area is 189 Å². The zero-order chi connectivity index (χ0) is 22.4. The van der Waals surface area contributed by atoms with Gasteiger partial charge in [0.2, 0.25) is 0 Å². The number of nitrogens with one attached hydrogen (secondary N) is 2. The SMILES string of the molecule is COc1ccc(/C(C)=N\NC(=O)c2ccc(NS(=O)(=O)c3ccc(Br)cc3)cc2)cc1. The van der Waals surface area contributed by atoms with Crippen LogP contribution in [-0.4, -0.2) is 27.1 Å². The van der Waals surface area contributed by atoms with E-state index in [2.05, 4.69) is 31.2 Å². The van der Waals surface area contributed by atoms with E-state index in [1.807, 2.05) is 24.3 Å². The van der Waals surface area contributed by atoms with E-state index in [4.69, 9.17) is 4.74 Å². The van der Waals surface area contributed by atoms with Crippen molar-refractivity contribution in [3.05, 3.63) is 88.4 Å². The van der Waals surface area contributed by atoms with Crippen LogP contribution in [0.15, 0.2) is 87.3 Å². The van der Waals surface area contributed by atoms with Crippen molar-refractivity contribution in [3.63, 3.8) is 0 Å². The van der Waals surface area contributed by atoms with Gasteiger partial charge in [-0.05, 0) is 85.3 Å². The first-order valence-electron chi connectivity index (χ1n) is 9.16. The molecule has 3 aromatic carbocycles. The number of sulfonamides is 1. The molecule has 0 fully saturated rings. The number of hydrogen-bond acceptors (Lipinski definition) is 5. The van der Waals surface area contributed by atoms with Crippen molar-refractivity contribution in [3.8, 4) is 5.75 Å². The Morgan fingerprint density at radius 3 is 2.06 bits per heavy atom. The van der Waals surface area contributed by atoms with Gasteiger partial charge >= 0.3 is 0 Å². The average Bonchev–Trinajstić information content (AvgIpc) is 2.78. The molecule has 2 N–H and O–H groups in total. The molecule has 7 nitrogen and oxygen atoms in total. The lowest BCUT2D eigenvalue weighted by Gasteiger charge is -2.09. The van der Waals surface area contributed by atoms with Gasteiger partial charge in [0, 0.05) is 15.7 Å². The molecular weight excluding hydrogens is 482 g/mol. The molecule has 0 spiro atoms. The number of halogens is 1. The molecule has 160 valence electrons. The summed E-state index contributed by atoms with van der Waals surface area (Å²) in [4.78, 5) is 12.5. The van der Waals surface area contributed by atoms with E-state index in [-0.39, 0.29) is 4.90 Å². The summed E-state index contributed by atoms with van der Waals surface area (Å²) in [6.45, 7) is 1.78. The Hall–Kier alpha value is -3.17. The second kappa shape index (κ2) is 9.76. The van der Waals surface area contributed by atoms with Crippen LogP contribution in [0.4, 0.5) is 5.69 Å². The van der Waals surface area contributed by atoms with Crippen LogP contribution in [0.25, 0.3) is 0 Å². The molecule has 0 aromatic heterocycles. The zero-order valence-corrected chi connectivity index (χ0v) is 19.2. The Morgan fingerprint density at radius 1 is 0.903 bits per heavy atom. The van der Waals surface area contributed by atoms with E-state index in [1.54, 1.807) is 26.2 Å². The molecule has 0 aliphatic carbocycles. The van der Waals surface area contributed by atoms with Crippen molar-refractivity contribution >= 4 is 43.3 Å². The molecule has 0 aliphatic heterocycles. The first kappa shape index (κ1) is 22.5. The summed E-state index contributed by atoms with van der Waals surface area (Å²) >= 11 is 3.27. The quantitative estimate of drug-likeness (QED) is 0.370. The fourth-order valence-corrected chi connectivity index (χ4v) is 3.94. The minimum absolute atomic E-state index is 0.140. The topological polar surface area (TPSA) is 96.9 Å². The molecule has 0 unspecified atom stereocenters. The average molecular weight is 502 g/mol. The highest BCUT2D eigenvalue weighted by Gasteiger charge is 2.14. The van der Waals surface area contributed by atoms with E-state index < -0.39 is 15.9 Å². The maximum atomic E-state index is 12.5. The number of carbonyl (C=O) groups excluding carboxylic acids is 1. The number of benzene rings is 3. The third kappa shape index (κ3) is 5.93. The van der Waals surface area contributed by atoms with E-state index in [0.717, 1.165) is 15.8 Å². The second-order valence-electron chi connectivity index (χ2n) is 6.50. The molecule has 31 heavy (non-hydrogen) atoms. The van der Waals surface area contributed by atoms with Gasteiger partial charge in [-0.15, -0.1) is 0 Å². The minimum Gasteiger partial charge on any atom is -0.497 e. The molecule has 0 radical (unpaired) electrons. The molecule has 0 saturated heterocycles. The summed E-state index contributed by atoms with van der Waals surface area (Å²) in [5, 5.41) is 4.12. The van der Waals surface area contributed by atoms with Crippen molar-refractivity contribution in [2.45, 2.75) is 11.8 Å². The van der Waals surface area contributed by atoms with Crippen LogP contribution in [0.3, 0.4) is 0 Å². The number of anilines is 1. The lowest BCUT2D eigenvalue weighted by Crippen LogP contribution is -2.19. The highest BCUT2D eigenvalue weighted by Crippen LogP contribution is 2.19. The molecule has 0 saturated carbocycles. The molecule has 3 aromatic rings. The molecule has 3 rings (SSSR count). The molecule has 0 aliphatic rings. The van der Waals surface area contributed by atoms with E-state index in [1.165, 1.54) is 36.4 Å². The van der Waals surface area contributed by atoms with Crippen LogP contribution in [0, 0.1) is 0 Å². The van der Waals surface area contributed by atoms with Crippen LogP contribution in [0.2, 0.25) is 0 Å². The Kier molecular flexibility index (Phi) is 7.09. The van der Waals surface area contributed by atoms with Crippen LogP contribution in [-0.2, 0) is 10.0 Å². The summed E-state index contributed by atoms with van der Waals surface area (Å²) in [6, 6.07) is 19.7. The zero-order valence-electron chi connectivity index (χ0n) is 16.8. The smallest absolute Gasteiger partial charge is 0.271 e. The fraction of sp³-hybridized carbons (Fsp3) is 0.0909. The van der Waals surface area contributed by atoms with Gasteiger partial charge < -0.3 is 4.74 Å². The summed E-state index contributed by atoms with van der Waals surface area (Å²) in [7, 11) is -2.13. The minimum atomic E-state index is -3.72. The Morgan fingerprint density at radius 2 is 1.48 bits per heavy atom. The van der Waals surface area contributed by atoms with E-state index in [9.17, 15) is 13.2 Å². The molecule has 1 amide bonds. The summed E-state index contributed by atoms with van der Waals surface area (Å²) in [5.74, 6) is 0.326. The maximum absolute atomic E-state index is 12.5. The van der Waals surface area contributed by atoms with Crippen LogP contribution in [0.5, 0.6) is 5.75 Å². The summed E-state index contributed by atoms with van der Waals surface area (Å²) in [6.07, 6.45) is 0. The predicted octanol–water partition coefficient (Wildman–Crippen LogP) is 4.41. The van der Waals surface area contributed by atoms with Gasteiger partial charge in [0.05, 0.1) is 17.7 Å². The van der Waals surface area contributed by atoms with Gasteiger partial charge in [0.25, 0.3) is 15.9 Å². The summed E-state index contributed by atoms with van der Waals surface area (Å²) < 4.78 is 33.3. The second-order valence-corrected chi connectivity index (χ2v) is 9.10. The van der Waals surface area contributed by atoms with Crippen molar-refractivity contribution in [2.24, 2.45) is 5.10 Å². The molecule has 9 heteroatoms. The maximum Gasteiger partial charge on any atom is 0.271 e. The number of hydrogen-bond donors (Lipinski definition) is 2. The number of nitrogens with zero attached hydrogens (tertiary/aromatic N) is 1. The molecule has 0 bridgehead atoms. The van der Waals surface area contributed by atoms with Gasteiger partial charge in [-0.3, -0.25) is 9.52 Å². The first-order valence-corrected chi connectivity index (χ1v) is 11.4. The van der Waals surface area contributed by atoms with Gasteiger partial charge in [0.1, 0.15) is 5.75 Å². The van der Waals surface area contributed by atoms with E-state index >= 15 is 0 Å². The molecule has 0 atom stereocenters. The predicted molar refractivity (Wildman–Crippen MR) is 124 cm³/mol. The Balaban J connectivity index is 1.65. The third-order valence-electron chi connectivity index (χ3n) is 4.36. The summed E-state index contributed by atoms with van der Waals surface area (Å²) in [5.41, 5.74) is 4.67. The van der Waals surface area contributed by atoms with Crippen LogP contribution in [0.1, 0.15) is 22.8 Å². The van der Waals surface area contributed by atoms with Crippen molar-refractivity contribution in [1.29, 1.82) is 0 Å². The van der Waals surface area contributed by atoms with Crippen molar-refractivity contribution in [2.75, 3.05) is 11.8 Å². The lowest BCUT2D eigenvalue weighted by molar-refractivity contribution is 0.0955. The first-order chi connectivity index (χ1) is 14.8. The fourth-order valence-electron chi connectivity index (χ4n) is 2.61. The number of hydrazone groups is 1. The molecule has 0 heterocycles. The largest absolute Gasteiger partial charge is 0.497 e. The van der Waals surface area contributed by atoms with Crippen molar-refractivity contribution in [1.82, 2.24) is 5.43 Å². The van der Waals surface area contributed by atoms with Crippen LogP contribution >= 0.6 is 15.9 Å². The van der Waals surface area contributed by atoms with Gasteiger partial charge in [-0.2, -0.15) is 5.10 Å². The van der Waals surface area contributed by atoms with Gasteiger partial charge in [-0.25, -0.2) is 13.8 Å². The lowest BCUT2D eigenvalue weighted by atomic mass is 10.1. The molecular formula is C22H20BrN3O4S. The highest BCUT2D eigenvalue weighted by molar-refractivity contribution is 9.10. The van der Waals surface area contributed by atoms with Gasteiger partial charge in [-0.1, -0.05) is 15.9 Å². The number of carbonyl (C=O) groups is 1. The number of amides is 1.